The largest absolute Gasteiger partial charge is 0.389 e. The first-order valence-corrected chi connectivity index (χ1v) is 4.12. The van der Waals surface area contributed by atoms with Gasteiger partial charge in [-0.25, -0.2) is 0 Å². The van der Waals surface area contributed by atoms with Crippen molar-refractivity contribution in [3.63, 3.8) is 0 Å². The zero-order valence-electron chi connectivity index (χ0n) is 8.33. The van der Waals surface area contributed by atoms with E-state index in [9.17, 15) is 9.90 Å². The lowest BCUT2D eigenvalue weighted by molar-refractivity contribution is -0.123. The molecule has 0 rings (SSSR count). The molecule has 0 aromatic rings. The zero-order valence-corrected chi connectivity index (χ0v) is 8.33. The van der Waals surface area contributed by atoms with E-state index in [1.54, 1.807) is 13.8 Å². The fourth-order valence-electron chi connectivity index (χ4n) is 0.711. The molecule has 78 valence electrons. The Kier molecular flexibility index (Phi) is 4.90. The summed E-state index contributed by atoms with van der Waals surface area (Å²) in [7, 11) is 1.50. The quantitative estimate of drug-likeness (QED) is 0.493. The maximum atomic E-state index is 10.8. The number of amides is 1. The number of methoxy groups -OCH3 is 1. The highest BCUT2D eigenvalue weighted by atomic mass is 16.5. The minimum absolute atomic E-state index is 0.238. The Hall–Kier alpha value is -0.650. The van der Waals surface area contributed by atoms with Gasteiger partial charge in [-0.05, 0) is 13.8 Å². The van der Waals surface area contributed by atoms with E-state index in [0.29, 0.717) is 0 Å². The highest BCUT2D eigenvalue weighted by Crippen LogP contribution is 1.99. The van der Waals surface area contributed by atoms with E-state index in [2.05, 4.69) is 5.32 Å². The maximum Gasteiger partial charge on any atom is 0.237 e. The molecule has 1 unspecified atom stereocenters. The number of nitrogens with two attached hydrogens (primary N) is 1. The van der Waals surface area contributed by atoms with Gasteiger partial charge in [0.05, 0.1) is 18.2 Å². The van der Waals surface area contributed by atoms with Crippen LogP contribution in [0.3, 0.4) is 0 Å². The van der Waals surface area contributed by atoms with Crippen LogP contribution in [0.15, 0.2) is 0 Å². The molecule has 0 spiro atoms. The first kappa shape index (κ1) is 12.3. The van der Waals surface area contributed by atoms with Crippen LogP contribution in [0.5, 0.6) is 0 Å². The van der Waals surface area contributed by atoms with Crippen molar-refractivity contribution in [3.8, 4) is 0 Å². The minimum atomic E-state index is -0.797. The molecular weight excluding hydrogens is 172 g/mol. The second-order valence-corrected chi connectivity index (χ2v) is 3.48. The first-order chi connectivity index (χ1) is 5.90. The Morgan fingerprint density at radius 3 is 2.62 bits per heavy atom. The summed E-state index contributed by atoms with van der Waals surface area (Å²) >= 11 is 0. The Labute approximate surface area is 78.3 Å². The number of ether oxygens (including phenoxy) is 1. The monoisotopic (exact) mass is 190 g/mol. The van der Waals surface area contributed by atoms with E-state index < -0.39 is 17.6 Å². The third-order valence-electron chi connectivity index (χ3n) is 1.75. The van der Waals surface area contributed by atoms with Crippen LogP contribution in [0.25, 0.3) is 0 Å². The molecular formula is C8H18N2O3. The fourth-order valence-corrected chi connectivity index (χ4v) is 0.711. The summed E-state index contributed by atoms with van der Waals surface area (Å²) in [6.07, 6.45) is -0.622. The van der Waals surface area contributed by atoms with Gasteiger partial charge in [0.25, 0.3) is 0 Å². The Balaban J connectivity index is 3.80. The number of carbonyl (C=O) groups excluding carboxylic acids is 1. The fraction of sp³-hybridized carbons (Fsp3) is 0.875. The predicted molar refractivity (Wildman–Crippen MR) is 49.2 cm³/mol. The molecule has 1 atom stereocenters. The topological polar surface area (TPSA) is 84.6 Å². The number of nitrogens with one attached hydrogen (secondary N) is 1. The molecule has 0 aliphatic rings. The Bertz CT molecular complexity index is 171. The molecule has 5 heteroatoms. The first-order valence-electron chi connectivity index (χ1n) is 4.12. The van der Waals surface area contributed by atoms with Gasteiger partial charge in [-0.3, -0.25) is 4.79 Å². The average molecular weight is 190 g/mol. The lowest BCUT2D eigenvalue weighted by Crippen LogP contribution is -2.53. The van der Waals surface area contributed by atoms with Crippen LogP contribution in [-0.4, -0.2) is 42.9 Å². The van der Waals surface area contributed by atoms with Gasteiger partial charge in [-0.15, -0.1) is 0 Å². The molecule has 0 radical (unpaired) electrons. The summed E-state index contributed by atoms with van der Waals surface area (Å²) in [5.41, 5.74) is 4.32. The highest BCUT2D eigenvalue weighted by molar-refractivity contribution is 5.83. The van der Waals surface area contributed by atoms with Crippen molar-refractivity contribution in [2.45, 2.75) is 25.5 Å². The molecule has 0 aliphatic carbocycles. The average Bonchev–Trinajstić information content (AvgIpc) is 2.01. The summed E-state index contributed by atoms with van der Waals surface area (Å²) in [6, 6.07) is 0. The van der Waals surface area contributed by atoms with Gasteiger partial charge < -0.3 is 20.9 Å². The van der Waals surface area contributed by atoms with Crippen LogP contribution in [0.4, 0.5) is 0 Å². The Morgan fingerprint density at radius 2 is 2.23 bits per heavy atom. The van der Waals surface area contributed by atoms with Crippen molar-refractivity contribution >= 4 is 5.91 Å². The smallest absolute Gasteiger partial charge is 0.237 e. The molecule has 0 saturated carbocycles. The number of aliphatic hydroxyl groups excluding tert-OH is 1. The van der Waals surface area contributed by atoms with E-state index in [0.717, 1.165) is 0 Å². The van der Waals surface area contributed by atoms with Gasteiger partial charge in [0.15, 0.2) is 0 Å². The molecule has 0 heterocycles. The van der Waals surface area contributed by atoms with E-state index >= 15 is 0 Å². The van der Waals surface area contributed by atoms with Gasteiger partial charge in [0, 0.05) is 13.7 Å². The van der Waals surface area contributed by atoms with Gasteiger partial charge >= 0.3 is 0 Å². The van der Waals surface area contributed by atoms with Crippen molar-refractivity contribution in [2.24, 2.45) is 5.73 Å². The summed E-state index contributed by atoms with van der Waals surface area (Å²) in [5.74, 6) is -0.447. The van der Waals surface area contributed by atoms with Crippen molar-refractivity contribution in [3.05, 3.63) is 0 Å². The molecule has 0 fully saturated rings. The summed E-state index contributed by atoms with van der Waals surface area (Å²) < 4.78 is 4.72. The van der Waals surface area contributed by atoms with Crippen LogP contribution in [-0.2, 0) is 9.53 Å². The third-order valence-corrected chi connectivity index (χ3v) is 1.75. The SMILES string of the molecule is COCC(O)CNC(C)(C)C(N)=O. The van der Waals surface area contributed by atoms with Crippen LogP contribution >= 0.6 is 0 Å². The standard InChI is InChI=1S/C8H18N2O3/c1-8(2,7(9)12)10-4-6(11)5-13-3/h6,10-11H,4-5H2,1-3H3,(H2,9,12). The molecule has 0 bridgehead atoms. The second kappa shape index (κ2) is 5.16. The zero-order chi connectivity index (χ0) is 10.5. The molecule has 4 N–H and O–H groups in total. The van der Waals surface area contributed by atoms with Crippen molar-refractivity contribution in [1.82, 2.24) is 5.32 Å². The van der Waals surface area contributed by atoms with Crippen LogP contribution in [0.1, 0.15) is 13.8 Å². The van der Waals surface area contributed by atoms with E-state index in [1.807, 2.05) is 0 Å². The number of carbonyl (C=O) groups is 1. The molecule has 0 aromatic carbocycles. The number of hydrogen-bond acceptors (Lipinski definition) is 4. The van der Waals surface area contributed by atoms with Crippen molar-refractivity contribution in [1.29, 1.82) is 0 Å². The molecule has 0 aliphatic heterocycles. The van der Waals surface area contributed by atoms with Crippen LogP contribution < -0.4 is 11.1 Å². The van der Waals surface area contributed by atoms with E-state index in [-0.39, 0.29) is 13.2 Å². The minimum Gasteiger partial charge on any atom is -0.389 e. The molecule has 5 nitrogen and oxygen atoms in total. The van der Waals surface area contributed by atoms with Crippen LogP contribution in [0.2, 0.25) is 0 Å². The third kappa shape index (κ3) is 4.82. The van der Waals surface area contributed by atoms with E-state index in [1.165, 1.54) is 7.11 Å². The lowest BCUT2D eigenvalue weighted by atomic mass is 10.1. The van der Waals surface area contributed by atoms with Crippen molar-refractivity contribution < 1.29 is 14.6 Å². The number of aliphatic hydroxyl groups is 1. The Morgan fingerprint density at radius 1 is 1.69 bits per heavy atom. The summed E-state index contributed by atoms with van der Waals surface area (Å²) in [4.78, 5) is 10.8. The number of β-amino-alcohol motifs (C(OH)–C–C–N with tert-alkyl or cyclic N) is 1. The molecule has 0 saturated heterocycles. The highest BCUT2D eigenvalue weighted by Gasteiger charge is 2.24. The number of rotatable bonds is 6. The van der Waals surface area contributed by atoms with Crippen LogP contribution in [0, 0.1) is 0 Å². The van der Waals surface area contributed by atoms with Crippen molar-refractivity contribution in [2.75, 3.05) is 20.3 Å². The van der Waals surface area contributed by atoms with Gasteiger partial charge in [0.1, 0.15) is 0 Å². The summed E-state index contributed by atoms with van der Waals surface area (Å²) in [6.45, 7) is 3.84. The molecule has 1 amide bonds. The molecule has 13 heavy (non-hydrogen) atoms. The number of hydrogen-bond donors (Lipinski definition) is 3. The molecule has 0 aromatic heterocycles. The van der Waals surface area contributed by atoms with Gasteiger partial charge in [0.2, 0.25) is 5.91 Å². The van der Waals surface area contributed by atoms with E-state index in [4.69, 9.17) is 10.5 Å². The van der Waals surface area contributed by atoms with Gasteiger partial charge in [-0.1, -0.05) is 0 Å². The maximum absolute atomic E-state index is 10.8. The second-order valence-electron chi connectivity index (χ2n) is 3.48. The lowest BCUT2D eigenvalue weighted by Gasteiger charge is -2.23. The van der Waals surface area contributed by atoms with Gasteiger partial charge in [-0.2, -0.15) is 0 Å². The predicted octanol–water partition coefficient (Wildman–Crippen LogP) is -1.15. The number of primary amides is 1. The summed E-state index contributed by atoms with van der Waals surface area (Å²) in [5, 5.41) is 12.1. The normalized spacial score (nSPS) is 14.2.